The highest BCUT2D eigenvalue weighted by Crippen LogP contribution is 2.18. The molecule has 1 aromatic heterocycles. The van der Waals surface area contributed by atoms with Crippen molar-refractivity contribution >= 4 is 11.8 Å². The van der Waals surface area contributed by atoms with Crippen LogP contribution < -0.4 is 5.32 Å². The Labute approximate surface area is 142 Å². The van der Waals surface area contributed by atoms with Gasteiger partial charge in [-0.1, -0.05) is 27.4 Å². The summed E-state index contributed by atoms with van der Waals surface area (Å²) in [6.07, 6.45) is 4.14. The molecule has 1 unspecified atom stereocenters. The van der Waals surface area contributed by atoms with Gasteiger partial charge >= 0.3 is 0 Å². The van der Waals surface area contributed by atoms with Crippen LogP contribution in [0.25, 0.3) is 0 Å². The van der Waals surface area contributed by atoms with E-state index in [0.29, 0.717) is 26.2 Å². The van der Waals surface area contributed by atoms with Crippen LogP contribution in [0, 0.1) is 0 Å². The number of carbonyl (C=O) groups is 2. The Kier molecular flexibility index (Phi) is 5.66. The molecule has 1 N–H and O–H groups in total. The average molecular weight is 332 g/mol. The number of rotatable bonds is 4. The van der Waals surface area contributed by atoms with Crippen LogP contribution in [0.3, 0.4) is 0 Å². The second-order valence-electron chi connectivity index (χ2n) is 6.73. The van der Waals surface area contributed by atoms with Gasteiger partial charge in [0.2, 0.25) is 5.91 Å². The molecule has 7 nitrogen and oxygen atoms in total. The van der Waals surface area contributed by atoms with Crippen molar-refractivity contribution in [1.82, 2.24) is 20.2 Å². The van der Waals surface area contributed by atoms with Gasteiger partial charge in [-0.15, -0.1) is 0 Å². The van der Waals surface area contributed by atoms with Crippen LogP contribution in [0.5, 0.6) is 0 Å². The van der Waals surface area contributed by atoms with Gasteiger partial charge in [0.05, 0.1) is 24.6 Å². The fraction of sp³-hybridized carbons (Fsp3) is 0.529. The molecule has 0 radical (unpaired) electrons. The summed E-state index contributed by atoms with van der Waals surface area (Å²) in [5.74, 6) is -0.433. The maximum atomic E-state index is 12.2. The Hall–Kier alpha value is -2.28. The fourth-order valence-electron chi connectivity index (χ4n) is 2.30. The van der Waals surface area contributed by atoms with Crippen molar-refractivity contribution in [3.63, 3.8) is 0 Å². The number of morpholine rings is 1. The third kappa shape index (κ3) is 4.61. The molecule has 1 aromatic rings. The molecule has 2 amide bonds. The summed E-state index contributed by atoms with van der Waals surface area (Å²) in [7, 11) is 0. The third-order valence-electron chi connectivity index (χ3n) is 3.77. The lowest BCUT2D eigenvalue weighted by atomic mass is 9.93. The molecule has 1 aliphatic heterocycles. The molecule has 0 saturated carbocycles. The normalized spacial score (nSPS) is 18.1. The standard InChI is InChI=1S/C17H24N4O3/c1-5-15(22)21-6-7-24-12(11-21)8-20-16(23)13-9-19-14(10-18-13)17(2,3)4/h5,9-10,12H,1,6-8,11H2,2-4H3,(H,20,23). The SMILES string of the molecule is C=CC(=O)N1CCOC(CNC(=O)c2cnc(C(C)(C)C)cn2)C1. The van der Waals surface area contributed by atoms with Gasteiger partial charge in [0, 0.05) is 31.2 Å². The number of nitrogens with zero attached hydrogens (tertiary/aromatic N) is 3. The Morgan fingerprint density at radius 2 is 2.17 bits per heavy atom. The minimum absolute atomic E-state index is 0.112. The van der Waals surface area contributed by atoms with Gasteiger partial charge in [0.25, 0.3) is 5.91 Å². The van der Waals surface area contributed by atoms with Crippen molar-refractivity contribution in [3.8, 4) is 0 Å². The first-order valence-electron chi connectivity index (χ1n) is 7.95. The summed E-state index contributed by atoms with van der Waals surface area (Å²) in [6, 6.07) is 0. The minimum Gasteiger partial charge on any atom is -0.373 e. The van der Waals surface area contributed by atoms with E-state index >= 15 is 0 Å². The van der Waals surface area contributed by atoms with E-state index in [9.17, 15) is 9.59 Å². The lowest BCUT2D eigenvalue weighted by Crippen LogP contribution is -2.49. The van der Waals surface area contributed by atoms with Crippen LogP contribution in [0.1, 0.15) is 37.0 Å². The van der Waals surface area contributed by atoms with Gasteiger partial charge in [0.15, 0.2) is 0 Å². The molecule has 130 valence electrons. The summed E-state index contributed by atoms with van der Waals surface area (Å²) in [4.78, 5) is 33.9. The summed E-state index contributed by atoms with van der Waals surface area (Å²) in [5, 5.41) is 2.77. The van der Waals surface area contributed by atoms with Crippen molar-refractivity contribution in [3.05, 3.63) is 36.4 Å². The number of nitrogens with one attached hydrogen (secondary N) is 1. The van der Waals surface area contributed by atoms with Gasteiger partial charge in [-0.2, -0.15) is 0 Å². The highest BCUT2D eigenvalue weighted by molar-refractivity contribution is 5.92. The van der Waals surface area contributed by atoms with Crippen LogP contribution >= 0.6 is 0 Å². The maximum absolute atomic E-state index is 12.2. The van der Waals surface area contributed by atoms with Crippen molar-refractivity contribution in [1.29, 1.82) is 0 Å². The smallest absolute Gasteiger partial charge is 0.271 e. The Bertz CT molecular complexity index is 607. The number of carbonyl (C=O) groups excluding carboxylic acids is 2. The van der Waals surface area contributed by atoms with Crippen LogP contribution in [-0.2, 0) is 14.9 Å². The highest BCUT2D eigenvalue weighted by atomic mass is 16.5. The topological polar surface area (TPSA) is 84.4 Å². The van der Waals surface area contributed by atoms with E-state index in [4.69, 9.17) is 4.74 Å². The van der Waals surface area contributed by atoms with Crippen LogP contribution in [0.4, 0.5) is 0 Å². The molecule has 1 aliphatic rings. The van der Waals surface area contributed by atoms with E-state index in [2.05, 4.69) is 21.9 Å². The highest BCUT2D eigenvalue weighted by Gasteiger charge is 2.23. The van der Waals surface area contributed by atoms with Gasteiger partial charge in [0.1, 0.15) is 5.69 Å². The molecule has 2 rings (SSSR count). The molecule has 0 aromatic carbocycles. The first kappa shape index (κ1) is 18.1. The second-order valence-corrected chi connectivity index (χ2v) is 6.73. The number of hydrogen-bond donors (Lipinski definition) is 1. The molecule has 1 atom stereocenters. The lowest BCUT2D eigenvalue weighted by molar-refractivity contribution is -0.133. The number of ether oxygens (including phenoxy) is 1. The Balaban J connectivity index is 1.88. The number of amides is 2. The molecule has 1 fully saturated rings. The quantitative estimate of drug-likeness (QED) is 0.829. The second kappa shape index (κ2) is 7.53. The summed E-state index contributed by atoms with van der Waals surface area (Å²) < 4.78 is 5.57. The first-order chi connectivity index (χ1) is 11.3. The Morgan fingerprint density at radius 1 is 1.42 bits per heavy atom. The van der Waals surface area contributed by atoms with E-state index in [1.54, 1.807) is 11.1 Å². The summed E-state index contributed by atoms with van der Waals surface area (Å²) in [6.45, 7) is 11.3. The van der Waals surface area contributed by atoms with Crippen LogP contribution in [0.2, 0.25) is 0 Å². The predicted molar refractivity (Wildman–Crippen MR) is 89.6 cm³/mol. The van der Waals surface area contributed by atoms with E-state index in [-0.39, 0.29) is 29.0 Å². The lowest BCUT2D eigenvalue weighted by Gasteiger charge is -2.32. The van der Waals surface area contributed by atoms with Crippen molar-refractivity contribution in [2.45, 2.75) is 32.3 Å². The predicted octanol–water partition coefficient (Wildman–Crippen LogP) is 0.917. The van der Waals surface area contributed by atoms with Crippen molar-refractivity contribution < 1.29 is 14.3 Å². The van der Waals surface area contributed by atoms with Gasteiger partial charge < -0.3 is 15.0 Å². The van der Waals surface area contributed by atoms with E-state index in [1.807, 2.05) is 20.8 Å². The molecular formula is C17H24N4O3. The molecule has 7 heteroatoms. The monoisotopic (exact) mass is 332 g/mol. The number of aromatic nitrogens is 2. The molecule has 24 heavy (non-hydrogen) atoms. The molecule has 0 spiro atoms. The minimum atomic E-state index is -0.307. The maximum Gasteiger partial charge on any atom is 0.271 e. The zero-order chi connectivity index (χ0) is 17.7. The largest absolute Gasteiger partial charge is 0.373 e. The van der Waals surface area contributed by atoms with E-state index in [1.165, 1.54) is 12.3 Å². The van der Waals surface area contributed by atoms with Gasteiger partial charge in [-0.3, -0.25) is 14.6 Å². The van der Waals surface area contributed by atoms with Crippen molar-refractivity contribution in [2.24, 2.45) is 0 Å². The number of hydrogen-bond acceptors (Lipinski definition) is 5. The zero-order valence-electron chi connectivity index (χ0n) is 14.4. The van der Waals surface area contributed by atoms with Gasteiger partial charge in [-0.25, -0.2) is 4.98 Å². The fourth-order valence-corrected chi connectivity index (χ4v) is 2.30. The molecule has 0 bridgehead atoms. The Morgan fingerprint density at radius 3 is 2.75 bits per heavy atom. The zero-order valence-corrected chi connectivity index (χ0v) is 14.4. The molecule has 1 saturated heterocycles. The van der Waals surface area contributed by atoms with Crippen LogP contribution in [0.15, 0.2) is 25.0 Å². The average Bonchev–Trinajstić information content (AvgIpc) is 2.58. The van der Waals surface area contributed by atoms with Crippen LogP contribution in [-0.4, -0.2) is 59.0 Å². The molecule has 0 aliphatic carbocycles. The van der Waals surface area contributed by atoms with E-state index < -0.39 is 0 Å². The summed E-state index contributed by atoms with van der Waals surface area (Å²) in [5.41, 5.74) is 0.977. The van der Waals surface area contributed by atoms with Gasteiger partial charge in [-0.05, 0) is 6.08 Å². The first-order valence-corrected chi connectivity index (χ1v) is 7.95. The van der Waals surface area contributed by atoms with Crippen molar-refractivity contribution in [2.75, 3.05) is 26.2 Å². The third-order valence-corrected chi connectivity index (χ3v) is 3.77. The summed E-state index contributed by atoms with van der Waals surface area (Å²) >= 11 is 0. The van der Waals surface area contributed by atoms with E-state index in [0.717, 1.165) is 5.69 Å². The molecular weight excluding hydrogens is 308 g/mol. The molecule has 2 heterocycles.